The lowest BCUT2D eigenvalue weighted by molar-refractivity contribution is -0.274. The number of hydrogen-bond acceptors (Lipinski definition) is 5. The van der Waals surface area contributed by atoms with Crippen molar-refractivity contribution in [1.82, 2.24) is 4.98 Å². The van der Waals surface area contributed by atoms with Gasteiger partial charge in [0.15, 0.2) is 0 Å². The zero-order chi connectivity index (χ0) is 17.2. The molecule has 4 nitrogen and oxygen atoms in total. The molecule has 0 bridgehead atoms. The summed E-state index contributed by atoms with van der Waals surface area (Å²) in [6.07, 6.45) is -3.28. The monoisotopic (exact) mass is 370 g/mol. The lowest BCUT2D eigenvalue weighted by atomic mass is 10.3. The number of aromatic nitrogens is 1. The minimum atomic E-state index is -4.74. The van der Waals surface area contributed by atoms with Gasteiger partial charge in [-0.15, -0.1) is 35.8 Å². The fraction of sp³-hybridized carbons (Fsp3) is 0.0667. The highest BCUT2D eigenvalue weighted by molar-refractivity contribution is 7.22. The molecule has 0 unspecified atom stereocenters. The van der Waals surface area contributed by atoms with Crippen molar-refractivity contribution in [3.05, 3.63) is 52.9 Å². The summed E-state index contributed by atoms with van der Waals surface area (Å²) in [7, 11) is 0. The number of hydrogen-bond donors (Lipinski definition) is 1. The summed E-state index contributed by atoms with van der Waals surface area (Å²) in [5.41, 5.74) is 0.362. The van der Waals surface area contributed by atoms with Gasteiger partial charge in [-0.25, -0.2) is 4.98 Å². The molecule has 2 aromatic heterocycles. The molecule has 0 saturated heterocycles. The molecule has 0 atom stereocenters. The summed E-state index contributed by atoms with van der Waals surface area (Å²) >= 11 is 2.76. The average molecular weight is 370 g/mol. The third kappa shape index (κ3) is 4.12. The second-order valence-corrected chi connectivity index (χ2v) is 6.51. The Balaban J connectivity index is 1.66. The molecule has 9 heteroatoms. The van der Waals surface area contributed by atoms with E-state index in [0.29, 0.717) is 10.6 Å². The molecule has 0 aliphatic rings. The summed E-state index contributed by atoms with van der Waals surface area (Å²) in [5.74, 6) is -0.724. The number of thiophene rings is 1. The zero-order valence-corrected chi connectivity index (χ0v) is 13.5. The molecular formula is C15H9F3N2O2S2. The Kier molecular flexibility index (Phi) is 4.54. The van der Waals surface area contributed by atoms with Gasteiger partial charge < -0.3 is 10.1 Å². The number of halogens is 3. The van der Waals surface area contributed by atoms with Crippen LogP contribution in [0.2, 0.25) is 0 Å². The largest absolute Gasteiger partial charge is 0.573 e. The number of rotatable bonds is 4. The van der Waals surface area contributed by atoms with Crippen LogP contribution in [0, 0.1) is 0 Å². The Morgan fingerprint density at radius 2 is 1.92 bits per heavy atom. The number of thiazole rings is 1. The first-order valence-corrected chi connectivity index (χ1v) is 8.27. The molecule has 1 aromatic carbocycles. The van der Waals surface area contributed by atoms with Crippen molar-refractivity contribution in [2.75, 3.05) is 5.32 Å². The number of nitrogens with one attached hydrogen (secondary N) is 1. The highest BCUT2D eigenvalue weighted by atomic mass is 32.1. The summed E-state index contributed by atoms with van der Waals surface area (Å²) < 4.78 is 40.1. The number of carbonyl (C=O) groups excluding carboxylic acids is 1. The SMILES string of the molecule is O=C(Nc1ccc(OC(F)(F)F)cc1)c1cnc(-c2cccs2)s1. The molecule has 124 valence electrons. The predicted octanol–water partition coefficient (Wildman–Crippen LogP) is 5.02. The summed E-state index contributed by atoms with van der Waals surface area (Å²) in [4.78, 5) is 17.7. The molecule has 0 spiro atoms. The quantitative estimate of drug-likeness (QED) is 0.701. The third-order valence-corrected chi connectivity index (χ3v) is 4.84. The Bertz CT molecular complexity index is 827. The first-order valence-electron chi connectivity index (χ1n) is 6.57. The number of ether oxygens (including phenoxy) is 1. The van der Waals surface area contributed by atoms with Crippen LogP contribution in [0.15, 0.2) is 48.0 Å². The van der Waals surface area contributed by atoms with E-state index in [2.05, 4.69) is 15.0 Å². The van der Waals surface area contributed by atoms with Gasteiger partial charge in [-0.2, -0.15) is 0 Å². The topological polar surface area (TPSA) is 51.2 Å². The van der Waals surface area contributed by atoms with Crippen molar-refractivity contribution in [2.24, 2.45) is 0 Å². The van der Waals surface area contributed by atoms with Gasteiger partial charge in [0.25, 0.3) is 5.91 Å². The molecule has 3 rings (SSSR count). The third-order valence-electron chi connectivity index (χ3n) is 2.81. The van der Waals surface area contributed by atoms with E-state index in [1.54, 1.807) is 0 Å². The Labute approximate surface area is 142 Å². The van der Waals surface area contributed by atoms with Crippen LogP contribution in [-0.2, 0) is 0 Å². The minimum Gasteiger partial charge on any atom is -0.406 e. The Morgan fingerprint density at radius 1 is 1.17 bits per heavy atom. The molecule has 0 saturated carbocycles. The first kappa shape index (κ1) is 16.5. The molecule has 1 N–H and O–H groups in total. The van der Waals surface area contributed by atoms with Gasteiger partial charge in [-0.05, 0) is 35.7 Å². The highest BCUT2D eigenvalue weighted by Gasteiger charge is 2.30. The molecule has 0 radical (unpaired) electrons. The molecule has 0 aliphatic heterocycles. The Hall–Kier alpha value is -2.39. The maximum absolute atomic E-state index is 12.2. The van der Waals surface area contributed by atoms with E-state index >= 15 is 0 Å². The van der Waals surface area contributed by atoms with E-state index in [9.17, 15) is 18.0 Å². The maximum Gasteiger partial charge on any atom is 0.573 e. The van der Waals surface area contributed by atoms with Gasteiger partial charge in [-0.1, -0.05) is 6.07 Å². The lowest BCUT2D eigenvalue weighted by Gasteiger charge is -2.09. The van der Waals surface area contributed by atoms with E-state index in [1.165, 1.54) is 41.0 Å². The number of anilines is 1. The van der Waals surface area contributed by atoms with Crippen LogP contribution >= 0.6 is 22.7 Å². The molecule has 0 aliphatic carbocycles. The normalized spacial score (nSPS) is 11.3. The van der Waals surface area contributed by atoms with Crippen LogP contribution in [0.1, 0.15) is 9.67 Å². The fourth-order valence-corrected chi connectivity index (χ4v) is 3.44. The second kappa shape index (κ2) is 6.62. The van der Waals surface area contributed by atoms with E-state index in [1.807, 2.05) is 17.5 Å². The molecule has 0 fully saturated rings. The predicted molar refractivity (Wildman–Crippen MR) is 86.5 cm³/mol. The Morgan fingerprint density at radius 3 is 2.54 bits per heavy atom. The van der Waals surface area contributed by atoms with E-state index < -0.39 is 6.36 Å². The summed E-state index contributed by atoms with van der Waals surface area (Å²) in [5, 5.41) is 5.26. The molecule has 3 aromatic rings. The van der Waals surface area contributed by atoms with Crippen molar-refractivity contribution in [2.45, 2.75) is 6.36 Å². The number of amides is 1. The average Bonchev–Trinajstić information content (AvgIpc) is 3.18. The van der Waals surface area contributed by atoms with Gasteiger partial charge in [0.1, 0.15) is 15.6 Å². The second-order valence-electron chi connectivity index (χ2n) is 4.53. The van der Waals surface area contributed by atoms with Crippen molar-refractivity contribution < 1.29 is 22.7 Å². The summed E-state index contributed by atoms with van der Waals surface area (Å²) in [6, 6.07) is 8.73. The van der Waals surface area contributed by atoms with Crippen LogP contribution in [0.25, 0.3) is 9.88 Å². The van der Waals surface area contributed by atoms with Crippen LogP contribution in [0.3, 0.4) is 0 Å². The molecule has 2 heterocycles. The van der Waals surface area contributed by atoms with Gasteiger partial charge >= 0.3 is 6.36 Å². The number of nitrogens with zero attached hydrogens (tertiary/aromatic N) is 1. The first-order chi connectivity index (χ1) is 11.4. The van der Waals surface area contributed by atoms with Gasteiger partial charge in [-0.3, -0.25) is 4.79 Å². The van der Waals surface area contributed by atoms with Crippen LogP contribution < -0.4 is 10.1 Å². The maximum atomic E-state index is 12.2. The molecule has 1 amide bonds. The van der Waals surface area contributed by atoms with Crippen LogP contribution in [0.4, 0.5) is 18.9 Å². The van der Waals surface area contributed by atoms with Crippen molar-refractivity contribution in [3.8, 4) is 15.6 Å². The summed E-state index contributed by atoms with van der Waals surface area (Å²) in [6.45, 7) is 0. The standard InChI is InChI=1S/C15H9F3N2O2S2/c16-15(17,18)22-10-5-3-9(4-6-10)20-13(21)12-8-19-14(24-12)11-2-1-7-23-11/h1-8H,(H,20,21). The van der Waals surface area contributed by atoms with Crippen molar-refractivity contribution in [3.63, 3.8) is 0 Å². The van der Waals surface area contributed by atoms with E-state index in [-0.39, 0.29) is 11.7 Å². The van der Waals surface area contributed by atoms with Gasteiger partial charge in [0, 0.05) is 5.69 Å². The highest BCUT2D eigenvalue weighted by Crippen LogP contribution is 2.29. The van der Waals surface area contributed by atoms with Gasteiger partial charge in [0.05, 0.1) is 11.1 Å². The smallest absolute Gasteiger partial charge is 0.406 e. The number of alkyl halides is 3. The number of benzene rings is 1. The minimum absolute atomic E-state index is 0.349. The van der Waals surface area contributed by atoms with Gasteiger partial charge in [0.2, 0.25) is 0 Å². The molecule has 24 heavy (non-hydrogen) atoms. The van der Waals surface area contributed by atoms with Crippen LogP contribution in [-0.4, -0.2) is 17.3 Å². The van der Waals surface area contributed by atoms with Crippen molar-refractivity contribution >= 4 is 34.3 Å². The molecular weight excluding hydrogens is 361 g/mol. The van der Waals surface area contributed by atoms with Crippen LogP contribution in [0.5, 0.6) is 5.75 Å². The van der Waals surface area contributed by atoms with E-state index in [0.717, 1.165) is 22.0 Å². The lowest BCUT2D eigenvalue weighted by Crippen LogP contribution is -2.17. The van der Waals surface area contributed by atoms with E-state index in [4.69, 9.17) is 0 Å². The number of carbonyl (C=O) groups is 1. The fourth-order valence-electron chi connectivity index (χ4n) is 1.83. The zero-order valence-electron chi connectivity index (χ0n) is 11.8. The van der Waals surface area contributed by atoms with Crippen molar-refractivity contribution in [1.29, 1.82) is 0 Å².